The first-order chi connectivity index (χ1) is 9.11. The zero-order chi connectivity index (χ0) is 14.5. The van der Waals surface area contributed by atoms with Crippen LogP contribution in [0.2, 0.25) is 0 Å². The summed E-state index contributed by atoms with van der Waals surface area (Å²) in [5.41, 5.74) is 2.38. The van der Waals surface area contributed by atoms with E-state index in [-0.39, 0.29) is 11.1 Å². The van der Waals surface area contributed by atoms with Gasteiger partial charge in [0.05, 0.1) is 12.7 Å². The zero-order valence-corrected chi connectivity index (χ0v) is 13.2. The monoisotopic (exact) mass is 289 g/mol. The van der Waals surface area contributed by atoms with Gasteiger partial charge in [-0.15, -0.1) is 0 Å². The van der Waals surface area contributed by atoms with Crippen LogP contribution in [0.3, 0.4) is 0 Å². The number of hydroxylamine groups is 1. The van der Waals surface area contributed by atoms with Gasteiger partial charge in [-0.3, -0.25) is 4.84 Å². The molecule has 5 heteroatoms. The van der Waals surface area contributed by atoms with Gasteiger partial charge in [0.25, 0.3) is 0 Å². The lowest BCUT2D eigenvalue weighted by molar-refractivity contribution is -0.140. The second kappa shape index (κ2) is 12.4. The number of nitrogens with one attached hydrogen (secondary N) is 1. The van der Waals surface area contributed by atoms with Crippen molar-refractivity contribution >= 4 is 23.2 Å². The van der Waals surface area contributed by atoms with Crippen LogP contribution in [0.15, 0.2) is 0 Å². The summed E-state index contributed by atoms with van der Waals surface area (Å²) in [7, 11) is 0. The molecule has 0 aliphatic rings. The van der Waals surface area contributed by atoms with E-state index in [1.165, 1.54) is 32.1 Å². The van der Waals surface area contributed by atoms with Crippen molar-refractivity contribution < 1.29 is 14.4 Å². The molecule has 0 fully saturated rings. The molecule has 0 heterocycles. The van der Waals surface area contributed by atoms with Gasteiger partial charge < -0.3 is 4.74 Å². The van der Waals surface area contributed by atoms with Gasteiger partial charge in [0.1, 0.15) is 0 Å². The molecule has 4 nitrogen and oxygen atoms in total. The molecule has 0 saturated heterocycles. The fourth-order valence-electron chi connectivity index (χ4n) is 1.69. The standard InChI is InChI=1S/C14H27NO3S/c1-4-6-7-8-9-10-11-12(3)18-14(16)13(19)15-17-5-2/h12H,4-11H2,1-3H3,(H,15,19). The van der Waals surface area contributed by atoms with E-state index in [1.54, 1.807) is 0 Å². The van der Waals surface area contributed by atoms with Gasteiger partial charge in [0.2, 0.25) is 4.99 Å². The van der Waals surface area contributed by atoms with Crippen LogP contribution in [0.25, 0.3) is 0 Å². The molecule has 0 saturated carbocycles. The maximum absolute atomic E-state index is 11.5. The van der Waals surface area contributed by atoms with E-state index < -0.39 is 5.97 Å². The van der Waals surface area contributed by atoms with Crippen LogP contribution in [0, 0.1) is 0 Å². The topological polar surface area (TPSA) is 47.6 Å². The lowest BCUT2D eigenvalue weighted by atomic mass is 10.1. The molecule has 1 unspecified atom stereocenters. The first kappa shape index (κ1) is 18.3. The summed E-state index contributed by atoms with van der Waals surface area (Å²) >= 11 is 4.83. The molecule has 0 aromatic carbocycles. The number of thiocarbonyl (C=S) groups is 1. The van der Waals surface area contributed by atoms with E-state index in [4.69, 9.17) is 21.8 Å². The molecule has 19 heavy (non-hydrogen) atoms. The summed E-state index contributed by atoms with van der Waals surface area (Å²) in [6, 6.07) is 0. The normalized spacial score (nSPS) is 11.9. The maximum atomic E-state index is 11.5. The molecular formula is C14H27NO3S. The highest BCUT2D eigenvalue weighted by atomic mass is 32.1. The second-order valence-electron chi connectivity index (χ2n) is 4.64. The molecule has 0 aliphatic carbocycles. The molecule has 0 amide bonds. The molecule has 1 N–H and O–H groups in total. The Labute approximate surface area is 122 Å². The quantitative estimate of drug-likeness (QED) is 0.288. The number of hydrogen-bond donors (Lipinski definition) is 1. The molecule has 0 aromatic rings. The Balaban J connectivity index is 3.59. The first-order valence-electron chi connectivity index (χ1n) is 7.24. The number of carbonyl (C=O) groups is 1. The molecule has 0 spiro atoms. The summed E-state index contributed by atoms with van der Waals surface area (Å²) in [4.78, 5) is 16.4. The van der Waals surface area contributed by atoms with Crippen molar-refractivity contribution in [3.63, 3.8) is 0 Å². The Kier molecular flexibility index (Phi) is 11.9. The van der Waals surface area contributed by atoms with E-state index in [0.29, 0.717) is 6.61 Å². The highest BCUT2D eigenvalue weighted by Crippen LogP contribution is 2.10. The third kappa shape index (κ3) is 10.9. The Morgan fingerprint density at radius 2 is 1.79 bits per heavy atom. The smallest absolute Gasteiger partial charge is 0.368 e. The van der Waals surface area contributed by atoms with Crippen molar-refractivity contribution in [1.82, 2.24) is 5.48 Å². The van der Waals surface area contributed by atoms with Gasteiger partial charge in [-0.25, -0.2) is 10.3 Å². The fraction of sp³-hybridized carbons (Fsp3) is 0.857. The van der Waals surface area contributed by atoms with Crippen LogP contribution in [0.5, 0.6) is 0 Å². The lowest BCUT2D eigenvalue weighted by Crippen LogP contribution is -2.32. The van der Waals surface area contributed by atoms with Crippen molar-refractivity contribution in [2.45, 2.75) is 71.8 Å². The highest BCUT2D eigenvalue weighted by molar-refractivity contribution is 7.81. The van der Waals surface area contributed by atoms with Crippen LogP contribution in [0.1, 0.15) is 65.7 Å². The molecule has 0 radical (unpaired) electrons. The third-order valence-electron chi connectivity index (χ3n) is 2.77. The minimum Gasteiger partial charge on any atom is -0.457 e. The number of hydrogen-bond acceptors (Lipinski definition) is 4. The van der Waals surface area contributed by atoms with E-state index in [1.807, 2.05) is 13.8 Å². The minimum atomic E-state index is -0.512. The third-order valence-corrected chi connectivity index (χ3v) is 3.02. The van der Waals surface area contributed by atoms with Gasteiger partial charge in [-0.05, 0) is 26.7 Å². The van der Waals surface area contributed by atoms with E-state index in [2.05, 4.69) is 12.4 Å². The van der Waals surface area contributed by atoms with Crippen molar-refractivity contribution in [2.75, 3.05) is 6.61 Å². The van der Waals surface area contributed by atoms with E-state index in [9.17, 15) is 4.79 Å². The summed E-state index contributed by atoms with van der Waals surface area (Å²) in [5, 5.41) is 0. The molecule has 1 atom stereocenters. The minimum absolute atomic E-state index is 0.0170. The molecule has 0 rings (SSSR count). The SMILES string of the molecule is CCCCCCCCC(C)OC(=O)C(=S)NOCC. The summed E-state index contributed by atoms with van der Waals surface area (Å²) in [6.07, 6.45) is 8.20. The van der Waals surface area contributed by atoms with Gasteiger partial charge in [0, 0.05) is 0 Å². The van der Waals surface area contributed by atoms with Gasteiger partial charge >= 0.3 is 5.97 Å². The summed E-state index contributed by atoms with van der Waals surface area (Å²) in [6.45, 7) is 6.36. The molecule has 0 bridgehead atoms. The molecule has 0 aromatic heterocycles. The van der Waals surface area contributed by atoms with Crippen LogP contribution < -0.4 is 5.48 Å². The Morgan fingerprint density at radius 1 is 1.16 bits per heavy atom. The van der Waals surface area contributed by atoms with Crippen LogP contribution in [-0.4, -0.2) is 23.7 Å². The van der Waals surface area contributed by atoms with E-state index >= 15 is 0 Å². The van der Waals surface area contributed by atoms with Crippen molar-refractivity contribution in [2.24, 2.45) is 0 Å². The van der Waals surface area contributed by atoms with Crippen LogP contribution >= 0.6 is 12.2 Å². The number of carbonyl (C=O) groups excluding carboxylic acids is 1. The number of ether oxygens (including phenoxy) is 1. The number of rotatable bonds is 10. The summed E-state index contributed by atoms with van der Waals surface area (Å²) < 4.78 is 5.21. The second-order valence-corrected chi connectivity index (χ2v) is 5.04. The first-order valence-corrected chi connectivity index (χ1v) is 7.65. The lowest BCUT2D eigenvalue weighted by Gasteiger charge is -2.13. The molecule has 112 valence electrons. The number of unbranched alkanes of at least 4 members (excludes halogenated alkanes) is 5. The van der Waals surface area contributed by atoms with Gasteiger partial charge in [-0.2, -0.15) is 0 Å². The number of esters is 1. The van der Waals surface area contributed by atoms with E-state index in [0.717, 1.165) is 12.8 Å². The molecular weight excluding hydrogens is 262 g/mol. The average Bonchev–Trinajstić information content (AvgIpc) is 2.39. The predicted molar refractivity (Wildman–Crippen MR) is 80.9 cm³/mol. The predicted octanol–water partition coefficient (Wildman–Crippen LogP) is 3.54. The van der Waals surface area contributed by atoms with Crippen molar-refractivity contribution in [3.05, 3.63) is 0 Å². The highest BCUT2D eigenvalue weighted by Gasteiger charge is 2.14. The van der Waals surface area contributed by atoms with Gasteiger partial charge in [0.15, 0.2) is 0 Å². The van der Waals surface area contributed by atoms with Crippen LogP contribution in [-0.2, 0) is 14.4 Å². The molecule has 0 aliphatic heterocycles. The summed E-state index contributed by atoms with van der Waals surface area (Å²) in [5.74, 6) is -0.512. The maximum Gasteiger partial charge on any atom is 0.368 e. The Hall–Kier alpha value is -0.680. The van der Waals surface area contributed by atoms with Gasteiger partial charge in [-0.1, -0.05) is 51.2 Å². The fourth-order valence-corrected chi connectivity index (χ4v) is 1.79. The average molecular weight is 289 g/mol. The largest absolute Gasteiger partial charge is 0.457 e. The Morgan fingerprint density at radius 3 is 2.42 bits per heavy atom. The Bertz CT molecular complexity index is 259. The zero-order valence-electron chi connectivity index (χ0n) is 12.4. The van der Waals surface area contributed by atoms with Crippen molar-refractivity contribution in [3.8, 4) is 0 Å². The van der Waals surface area contributed by atoms with Crippen LogP contribution in [0.4, 0.5) is 0 Å². The van der Waals surface area contributed by atoms with Crippen molar-refractivity contribution in [1.29, 1.82) is 0 Å².